The SMILES string of the molecule is c1ccc(-n2c3ccc(-c4ccc5c(c4)c4ccccc4n5-c4nc(-c5ccc6ccccc6c5)c5ccccc5n4)cc3c3c4cccc5c4c(cc32)-c2ccccc2S5)cc1. The molecule has 0 atom stereocenters. The van der Waals surface area contributed by atoms with Crippen molar-refractivity contribution in [2.24, 2.45) is 0 Å². The minimum Gasteiger partial charge on any atom is -0.309 e. The lowest BCUT2D eigenvalue weighted by atomic mass is 9.93. The molecule has 1 aliphatic rings. The Morgan fingerprint density at radius 2 is 1.02 bits per heavy atom. The van der Waals surface area contributed by atoms with Crippen LogP contribution < -0.4 is 0 Å². The predicted octanol–water partition coefficient (Wildman–Crippen LogP) is 15.6. The molecule has 0 spiro atoms. The van der Waals surface area contributed by atoms with E-state index in [0.717, 1.165) is 49.8 Å². The van der Waals surface area contributed by atoms with Gasteiger partial charge in [-0.25, -0.2) is 9.97 Å². The Bertz CT molecular complexity index is 4070. The van der Waals surface area contributed by atoms with Crippen molar-refractivity contribution in [3.8, 4) is 45.1 Å². The van der Waals surface area contributed by atoms with Crippen molar-refractivity contribution in [2.45, 2.75) is 9.79 Å². The largest absolute Gasteiger partial charge is 0.309 e. The zero-order valence-corrected chi connectivity index (χ0v) is 34.6. The number of rotatable bonds is 4. The summed E-state index contributed by atoms with van der Waals surface area (Å²) >= 11 is 1.88. The average molecular weight is 819 g/mol. The second-order valence-corrected chi connectivity index (χ2v) is 17.6. The standard InChI is InChI=1S/C58H34N4S/c1-2-15-40(16-3-1)61-51-30-28-38(33-47(51)55-44-20-12-24-54-56(44)46(34-52(55)61)42-18-8-11-23-53(42)63-54)37-27-29-50-45(32-37)41-17-7-10-22-49(41)62(50)58-59-48-21-9-6-19-43(48)57(60-58)39-26-25-35-13-4-5-14-36(35)31-39/h1-34H. The third-order valence-corrected chi connectivity index (χ3v) is 14.2. The first kappa shape index (κ1) is 34.7. The highest BCUT2D eigenvalue weighted by atomic mass is 32.2. The lowest BCUT2D eigenvalue weighted by Gasteiger charge is -2.21. The second-order valence-electron chi connectivity index (χ2n) is 16.5. The van der Waals surface area contributed by atoms with Gasteiger partial charge in [-0.15, -0.1) is 0 Å². The van der Waals surface area contributed by atoms with Gasteiger partial charge >= 0.3 is 0 Å². The zero-order chi connectivity index (χ0) is 41.2. The van der Waals surface area contributed by atoms with Crippen molar-refractivity contribution >= 4 is 87.8 Å². The Hall–Kier alpha value is -7.99. The fraction of sp³-hybridized carbons (Fsp3) is 0. The Balaban J connectivity index is 0.987. The fourth-order valence-electron chi connectivity index (χ4n) is 10.3. The van der Waals surface area contributed by atoms with Crippen molar-refractivity contribution in [1.29, 1.82) is 0 Å². The molecule has 0 saturated carbocycles. The second kappa shape index (κ2) is 13.3. The van der Waals surface area contributed by atoms with Crippen LogP contribution in [0.3, 0.4) is 0 Å². The molecule has 292 valence electrons. The quantitative estimate of drug-likeness (QED) is 0.177. The van der Waals surface area contributed by atoms with E-state index in [1.807, 2.05) is 11.8 Å². The summed E-state index contributed by atoms with van der Waals surface area (Å²) in [5, 5.41) is 10.9. The Kier molecular flexibility index (Phi) is 7.30. The van der Waals surface area contributed by atoms with Crippen LogP contribution in [0.4, 0.5) is 0 Å². The van der Waals surface area contributed by atoms with Gasteiger partial charge in [0.05, 0.1) is 33.3 Å². The molecule has 5 heteroatoms. The van der Waals surface area contributed by atoms with Crippen LogP contribution in [0, 0.1) is 0 Å². The van der Waals surface area contributed by atoms with Crippen LogP contribution in [0.1, 0.15) is 0 Å². The topological polar surface area (TPSA) is 35.6 Å². The van der Waals surface area contributed by atoms with Gasteiger partial charge in [0.2, 0.25) is 5.95 Å². The summed E-state index contributed by atoms with van der Waals surface area (Å²) in [6.07, 6.45) is 0. The van der Waals surface area contributed by atoms with E-state index in [-0.39, 0.29) is 0 Å². The molecule has 0 radical (unpaired) electrons. The smallest absolute Gasteiger partial charge is 0.235 e. The third kappa shape index (κ3) is 5.11. The van der Waals surface area contributed by atoms with E-state index in [1.165, 1.54) is 75.2 Å². The van der Waals surface area contributed by atoms with Crippen molar-refractivity contribution in [2.75, 3.05) is 0 Å². The maximum absolute atomic E-state index is 5.40. The number of aromatic nitrogens is 4. The van der Waals surface area contributed by atoms with Crippen LogP contribution in [0.2, 0.25) is 0 Å². The molecule has 0 bridgehead atoms. The third-order valence-electron chi connectivity index (χ3n) is 13.1. The van der Waals surface area contributed by atoms with E-state index in [0.29, 0.717) is 5.95 Å². The fourth-order valence-corrected chi connectivity index (χ4v) is 11.4. The van der Waals surface area contributed by atoms with E-state index >= 15 is 0 Å². The molecule has 0 amide bonds. The summed E-state index contributed by atoms with van der Waals surface area (Å²) in [5.74, 6) is 0.658. The highest BCUT2D eigenvalue weighted by Gasteiger charge is 2.25. The van der Waals surface area contributed by atoms with E-state index in [1.54, 1.807) is 0 Å². The summed E-state index contributed by atoms with van der Waals surface area (Å²) in [7, 11) is 0. The highest BCUT2D eigenvalue weighted by molar-refractivity contribution is 7.99. The predicted molar refractivity (Wildman–Crippen MR) is 264 cm³/mol. The van der Waals surface area contributed by atoms with Gasteiger partial charge in [-0.2, -0.15) is 0 Å². The molecule has 3 aromatic heterocycles. The van der Waals surface area contributed by atoms with Gasteiger partial charge in [-0.1, -0.05) is 145 Å². The summed E-state index contributed by atoms with van der Waals surface area (Å²) in [4.78, 5) is 13.3. The molecule has 4 heterocycles. The highest BCUT2D eigenvalue weighted by Crippen LogP contribution is 2.51. The Labute approximate surface area is 366 Å². The Morgan fingerprint density at radius 1 is 0.349 bits per heavy atom. The van der Waals surface area contributed by atoms with Crippen molar-refractivity contribution in [1.82, 2.24) is 19.1 Å². The number of para-hydroxylation sites is 3. The van der Waals surface area contributed by atoms with Crippen LogP contribution in [0.5, 0.6) is 0 Å². The number of hydrogen-bond acceptors (Lipinski definition) is 3. The van der Waals surface area contributed by atoms with Crippen LogP contribution in [-0.2, 0) is 0 Å². The first-order valence-electron chi connectivity index (χ1n) is 21.4. The lowest BCUT2D eigenvalue weighted by molar-refractivity contribution is 1.01. The molecule has 1 aliphatic heterocycles. The van der Waals surface area contributed by atoms with Gasteiger partial charge in [-0.3, -0.25) is 4.57 Å². The van der Waals surface area contributed by atoms with Crippen molar-refractivity contribution < 1.29 is 0 Å². The van der Waals surface area contributed by atoms with Gasteiger partial charge in [0.25, 0.3) is 0 Å². The number of benzene rings is 10. The summed E-state index contributed by atoms with van der Waals surface area (Å²) < 4.78 is 4.69. The average Bonchev–Trinajstić information content (AvgIpc) is 3.86. The molecule has 0 N–H and O–H groups in total. The molecule has 0 unspecified atom stereocenters. The van der Waals surface area contributed by atoms with Gasteiger partial charge in [-0.05, 0) is 111 Å². The number of fused-ring (bicyclic) bond motifs is 11. The molecule has 4 nitrogen and oxygen atoms in total. The van der Waals surface area contributed by atoms with Gasteiger partial charge < -0.3 is 4.57 Å². The molecule has 13 aromatic rings. The molecule has 10 aromatic carbocycles. The van der Waals surface area contributed by atoms with E-state index in [4.69, 9.17) is 9.97 Å². The minimum absolute atomic E-state index is 0.658. The Morgan fingerprint density at radius 3 is 1.90 bits per heavy atom. The van der Waals surface area contributed by atoms with Crippen molar-refractivity contribution in [3.63, 3.8) is 0 Å². The van der Waals surface area contributed by atoms with Crippen LogP contribution >= 0.6 is 11.8 Å². The van der Waals surface area contributed by atoms with Crippen molar-refractivity contribution in [3.05, 3.63) is 206 Å². The first-order chi connectivity index (χ1) is 31.2. The number of nitrogens with zero attached hydrogens (tertiary/aromatic N) is 4. The maximum atomic E-state index is 5.40. The van der Waals surface area contributed by atoms with Gasteiger partial charge in [0.15, 0.2) is 0 Å². The molecule has 63 heavy (non-hydrogen) atoms. The van der Waals surface area contributed by atoms with Crippen LogP contribution in [-0.4, -0.2) is 19.1 Å². The molecular formula is C58H34N4S. The zero-order valence-electron chi connectivity index (χ0n) is 33.8. The monoisotopic (exact) mass is 818 g/mol. The maximum Gasteiger partial charge on any atom is 0.235 e. The van der Waals surface area contributed by atoms with Crippen LogP contribution in [0.25, 0.3) is 121 Å². The summed E-state index contributed by atoms with van der Waals surface area (Å²) in [5.41, 5.74) is 13.5. The number of hydrogen-bond donors (Lipinski definition) is 0. The molecule has 0 aliphatic carbocycles. The van der Waals surface area contributed by atoms with Gasteiger partial charge in [0, 0.05) is 53.4 Å². The first-order valence-corrected chi connectivity index (χ1v) is 22.2. The van der Waals surface area contributed by atoms with E-state index in [2.05, 4.69) is 215 Å². The normalized spacial score (nSPS) is 12.4. The van der Waals surface area contributed by atoms with Crippen LogP contribution in [0.15, 0.2) is 216 Å². The summed E-state index contributed by atoms with van der Waals surface area (Å²) in [6, 6.07) is 74.9. The van der Waals surface area contributed by atoms with E-state index in [9.17, 15) is 0 Å². The van der Waals surface area contributed by atoms with E-state index < -0.39 is 0 Å². The lowest BCUT2D eigenvalue weighted by Crippen LogP contribution is -2.03. The molecule has 0 saturated heterocycles. The molecular weight excluding hydrogens is 785 g/mol. The minimum atomic E-state index is 0.658. The molecule has 0 fully saturated rings. The molecule has 14 rings (SSSR count). The summed E-state index contributed by atoms with van der Waals surface area (Å²) in [6.45, 7) is 0. The van der Waals surface area contributed by atoms with Gasteiger partial charge in [0.1, 0.15) is 0 Å².